The number of aromatic hydroxyl groups is 1. The number of nitrogens with two attached hydrogens (primary N) is 3. The van der Waals surface area contributed by atoms with Gasteiger partial charge in [-0.05, 0) is 68.7 Å². The molecule has 0 aliphatic rings. The standard InChI is InChI=1S/C36H53N9O8/c1-20(2)16-28(33(50)44-27(35(52)53)15-10-21(3)41-36(38)39)45-34(51)29(18-23-8-6-5-7-9-23)43-30(47)19-40-31(48)22(4)42-32(49)26(37)17-24-11-13-25(46)14-12-24/h5-9,11-14,20-22,26-29,46H,10,15-19,37H2,1-4H3,(H,40,48)(H,42,49)(H,43,47)(H,44,50)(H,45,51)(H,52,53)(H4,38,39,41)/t21-,22+,26-,27+,28+,29+/m1/s1. The summed E-state index contributed by atoms with van der Waals surface area (Å²) in [5.41, 5.74) is 18.2. The number of rotatable bonds is 21. The molecule has 0 saturated carbocycles. The van der Waals surface area contributed by atoms with Crippen LogP contribution in [0.3, 0.4) is 0 Å². The zero-order valence-corrected chi connectivity index (χ0v) is 30.5. The van der Waals surface area contributed by atoms with Gasteiger partial charge in [-0.3, -0.25) is 29.0 Å². The Morgan fingerprint density at radius 3 is 1.87 bits per heavy atom. The summed E-state index contributed by atoms with van der Waals surface area (Å²) < 4.78 is 0. The summed E-state index contributed by atoms with van der Waals surface area (Å²) in [6.45, 7) is 6.24. The fourth-order valence-corrected chi connectivity index (χ4v) is 5.22. The van der Waals surface area contributed by atoms with Crippen molar-refractivity contribution in [2.45, 2.75) is 96.1 Å². The smallest absolute Gasteiger partial charge is 0.326 e. The molecule has 0 radical (unpaired) electrons. The van der Waals surface area contributed by atoms with Gasteiger partial charge in [0.25, 0.3) is 0 Å². The Hall–Kier alpha value is -5.71. The maximum Gasteiger partial charge on any atom is 0.326 e. The van der Waals surface area contributed by atoms with E-state index >= 15 is 0 Å². The van der Waals surface area contributed by atoms with Gasteiger partial charge in [-0.1, -0.05) is 56.3 Å². The first kappa shape index (κ1) is 43.5. The summed E-state index contributed by atoms with van der Waals surface area (Å²) >= 11 is 0. The van der Waals surface area contributed by atoms with Crippen LogP contribution in [0, 0.1) is 5.92 Å². The number of carboxylic acid groups (broad SMARTS) is 1. The number of aliphatic carboxylic acids is 1. The van der Waals surface area contributed by atoms with Crippen molar-refractivity contribution in [3.8, 4) is 5.75 Å². The molecule has 53 heavy (non-hydrogen) atoms. The number of guanidine groups is 1. The molecular formula is C36H53N9O8. The van der Waals surface area contributed by atoms with E-state index < -0.39 is 72.3 Å². The van der Waals surface area contributed by atoms with Crippen molar-refractivity contribution in [2.75, 3.05) is 6.54 Å². The minimum atomic E-state index is -1.28. The van der Waals surface area contributed by atoms with Gasteiger partial charge in [0.2, 0.25) is 29.5 Å². The SMILES string of the molecule is CC(C)C[C@H](NC(=O)[C@H](Cc1ccccc1)NC(=O)CNC(=O)[C@H](C)NC(=O)[C@H](N)Cc1ccc(O)cc1)C(=O)N[C@@H](CC[C@@H](C)N=C(N)N)C(=O)O. The molecule has 0 heterocycles. The maximum absolute atomic E-state index is 13.7. The second-order valence-electron chi connectivity index (χ2n) is 13.3. The number of nitrogens with zero attached hydrogens (tertiary/aromatic N) is 1. The first-order valence-corrected chi connectivity index (χ1v) is 17.3. The maximum atomic E-state index is 13.7. The molecule has 290 valence electrons. The molecule has 0 spiro atoms. The lowest BCUT2D eigenvalue weighted by Crippen LogP contribution is -2.57. The number of phenolic OH excluding ortho intramolecular Hbond substituents is 1. The number of benzene rings is 2. The van der Waals surface area contributed by atoms with E-state index in [0.29, 0.717) is 11.1 Å². The molecule has 0 aliphatic carbocycles. The highest BCUT2D eigenvalue weighted by molar-refractivity contribution is 5.95. The van der Waals surface area contributed by atoms with Crippen LogP contribution in [0.4, 0.5) is 0 Å². The number of hydrogen-bond acceptors (Lipinski definition) is 9. The number of carbonyl (C=O) groups is 6. The predicted molar refractivity (Wildman–Crippen MR) is 198 cm³/mol. The Morgan fingerprint density at radius 2 is 1.28 bits per heavy atom. The van der Waals surface area contributed by atoms with Crippen molar-refractivity contribution in [1.29, 1.82) is 0 Å². The lowest BCUT2D eigenvalue weighted by atomic mass is 10.00. The molecule has 0 unspecified atom stereocenters. The zero-order chi connectivity index (χ0) is 39.7. The Balaban J connectivity index is 2.08. The quantitative estimate of drug-likeness (QED) is 0.0556. The molecule has 6 atom stereocenters. The van der Waals surface area contributed by atoms with Crippen molar-refractivity contribution in [3.05, 3.63) is 65.7 Å². The molecule has 13 N–H and O–H groups in total. The van der Waals surface area contributed by atoms with Crippen LogP contribution in [0.5, 0.6) is 5.75 Å². The zero-order valence-electron chi connectivity index (χ0n) is 30.5. The van der Waals surface area contributed by atoms with Crippen LogP contribution in [0.25, 0.3) is 0 Å². The van der Waals surface area contributed by atoms with E-state index in [1.807, 2.05) is 13.8 Å². The van der Waals surface area contributed by atoms with E-state index in [4.69, 9.17) is 17.2 Å². The van der Waals surface area contributed by atoms with Gasteiger partial charge in [0.15, 0.2) is 5.96 Å². The van der Waals surface area contributed by atoms with Gasteiger partial charge in [-0.15, -0.1) is 0 Å². The molecule has 0 fully saturated rings. The van der Waals surface area contributed by atoms with E-state index in [1.54, 1.807) is 49.4 Å². The molecule has 5 amide bonds. The molecule has 17 nitrogen and oxygen atoms in total. The van der Waals surface area contributed by atoms with E-state index in [1.165, 1.54) is 19.1 Å². The van der Waals surface area contributed by atoms with E-state index in [2.05, 4.69) is 31.6 Å². The van der Waals surface area contributed by atoms with E-state index in [9.17, 15) is 39.0 Å². The van der Waals surface area contributed by atoms with Crippen molar-refractivity contribution in [1.82, 2.24) is 26.6 Å². The lowest BCUT2D eigenvalue weighted by Gasteiger charge is -2.26. The lowest BCUT2D eigenvalue weighted by molar-refractivity contribution is -0.142. The number of carbonyl (C=O) groups excluding carboxylic acids is 5. The summed E-state index contributed by atoms with van der Waals surface area (Å²) in [5, 5.41) is 31.9. The van der Waals surface area contributed by atoms with Crippen LogP contribution in [0.15, 0.2) is 59.6 Å². The minimum Gasteiger partial charge on any atom is -0.508 e. The fourth-order valence-electron chi connectivity index (χ4n) is 5.22. The van der Waals surface area contributed by atoms with Gasteiger partial charge >= 0.3 is 5.97 Å². The number of hydrogen-bond donors (Lipinski definition) is 10. The first-order chi connectivity index (χ1) is 24.9. The van der Waals surface area contributed by atoms with Crippen molar-refractivity contribution < 1.29 is 39.0 Å². The largest absolute Gasteiger partial charge is 0.508 e. The number of amides is 5. The number of carboxylic acids is 1. The van der Waals surface area contributed by atoms with Crippen molar-refractivity contribution >= 4 is 41.5 Å². The molecule has 2 aromatic rings. The van der Waals surface area contributed by atoms with Gasteiger partial charge in [0.1, 0.15) is 29.9 Å². The number of phenols is 1. The topological polar surface area (TPSA) is 293 Å². The average Bonchev–Trinajstić information content (AvgIpc) is 3.08. The highest BCUT2D eigenvalue weighted by atomic mass is 16.4. The van der Waals surface area contributed by atoms with Crippen LogP contribution in [-0.2, 0) is 41.6 Å². The van der Waals surface area contributed by atoms with E-state index in [-0.39, 0.29) is 55.8 Å². The van der Waals surface area contributed by atoms with Gasteiger partial charge < -0.3 is 54.0 Å². The molecule has 17 heteroatoms. The molecule has 0 aliphatic heterocycles. The monoisotopic (exact) mass is 739 g/mol. The molecular weight excluding hydrogens is 686 g/mol. The third-order valence-corrected chi connectivity index (χ3v) is 8.04. The van der Waals surface area contributed by atoms with Crippen LogP contribution in [0.1, 0.15) is 58.1 Å². The number of nitrogens with one attached hydrogen (secondary N) is 5. The molecule has 0 aromatic heterocycles. The Kier molecular flexibility index (Phi) is 17.7. The second-order valence-corrected chi connectivity index (χ2v) is 13.3. The Morgan fingerprint density at radius 1 is 0.698 bits per heavy atom. The first-order valence-electron chi connectivity index (χ1n) is 17.3. The normalized spacial score (nSPS) is 14.3. The second kappa shape index (κ2) is 21.6. The third kappa shape index (κ3) is 16.5. The summed E-state index contributed by atoms with van der Waals surface area (Å²) in [6, 6.07) is 8.96. The van der Waals surface area contributed by atoms with Crippen LogP contribution in [0.2, 0.25) is 0 Å². The van der Waals surface area contributed by atoms with Gasteiger partial charge in [-0.25, -0.2) is 4.79 Å². The van der Waals surface area contributed by atoms with Crippen molar-refractivity contribution in [2.24, 2.45) is 28.1 Å². The van der Waals surface area contributed by atoms with E-state index in [0.717, 1.165) is 0 Å². The summed E-state index contributed by atoms with van der Waals surface area (Å²) in [7, 11) is 0. The van der Waals surface area contributed by atoms with Crippen LogP contribution >= 0.6 is 0 Å². The Labute approximate surface area is 308 Å². The third-order valence-electron chi connectivity index (χ3n) is 8.04. The fraction of sp³-hybridized carbons (Fsp3) is 0.472. The summed E-state index contributed by atoms with van der Waals surface area (Å²) in [4.78, 5) is 81.4. The van der Waals surface area contributed by atoms with Gasteiger partial charge in [0.05, 0.1) is 18.6 Å². The van der Waals surface area contributed by atoms with Gasteiger partial charge in [0, 0.05) is 6.42 Å². The Bertz CT molecular complexity index is 1570. The van der Waals surface area contributed by atoms with Crippen LogP contribution < -0.4 is 43.8 Å². The van der Waals surface area contributed by atoms with Crippen molar-refractivity contribution in [3.63, 3.8) is 0 Å². The average molecular weight is 740 g/mol. The molecule has 0 saturated heterocycles. The highest BCUT2D eigenvalue weighted by Gasteiger charge is 2.31. The number of aliphatic imine (C=N–C) groups is 1. The summed E-state index contributed by atoms with van der Waals surface area (Å²) in [6.07, 6.45) is 0.646. The molecule has 0 bridgehead atoms. The molecule has 2 rings (SSSR count). The van der Waals surface area contributed by atoms with Crippen LogP contribution in [-0.4, -0.2) is 94.5 Å². The predicted octanol–water partition coefficient (Wildman–Crippen LogP) is -0.847. The minimum absolute atomic E-state index is 0.0225. The van der Waals surface area contributed by atoms with Gasteiger partial charge in [-0.2, -0.15) is 0 Å². The molecule has 2 aromatic carbocycles. The summed E-state index contributed by atoms with van der Waals surface area (Å²) in [5.74, 6) is -4.84. The highest BCUT2D eigenvalue weighted by Crippen LogP contribution is 2.12.